The molecule has 4 rings (SSSR count). The van der Waals surface area contributed by atoms with Gasteiger partial charge in [-0.2, -0.15) is 0 Å². The molecule has 0 fully saturated rings. The van der Waals surface area contributed by atoms with Gasteiger partial charge in [0.15, 0.2) is 11.5 Å². The van der Waals surface area contributed by atoms with Gasteiger partial charge in [0.2, 0.25) is 0 Å². The Hall–Kier alpha value is -3.71. The molecule has 3 aromatic carbocycles. The number of benzene rings is 3. The number of ether oxygens (including phenoxy) is 2. The maximum Gasteiger partial charge on any atom is 0.265 e. The zero-order valence-corrected chi connectivity index (χ0v) is 17.3. The lowest BCUT2D eigenvalue weighted by molar-refractivity contribution is 0.295. The Balaban J connectivity index is 1.70. The zero-order valence-electron chi connectivity index (χ0n) is 17.3. The van der Waals surface area contributed by atoms with Gasteiger partial charge >= 0.3 is 0 Å². The summed E-state index contributed by atoms with van der Waals surface area (Å²) in [6.45, 7) is 1.21. The summed E-state index contributed by atoms with van der Waals surface area (Å²) >= 11 is 0. The summed E-state index contributed by atoms with van der Waals surface area (Å²) in [5.41, 5.74) is 2.72. The third kappa shape index (κ3) is 4.27. The van der Waals surface area contributed by atoms with Crippen molar-refractivity contribution in [1.82, 2.24) is 14.9 Å². The fourth-order valence-electron chi connectivity index (χ4n) is 3.32. The zero-order chi connectivity index (χ0) is 21.8. The highest BCUT2D eigenvalue weighted by molar-refractivity contribution is 5.83. The van der Waals surface area contributed by atoms with Crippen LogP contribution in [0, 0.1) is 5.82 Å². The monoisotopic (exact) mass is 419 g/mol. The number of likely N-dealkylation sites (N-methyl/N-ethyl adjacent to an activating group) is 1. The summed E-state index contributed by atoms with van der Waals surface area (Å²) in [6.07, 6.45) is 1.50. The van der Waals surface area contributed by atoms with E-state index in [1.807, 2.05) is 19.2 Å². The number of hydrogen-bond acceptors (Lipinski definition) is 5. The lowest BCUT2D eigenvalue weighted by Crippen LogP contribution is -2.19. The van der Waals surface area contributed by atoms with Gasteiger partial charge in [0.1, 0.15) is 18.8 Å². The molecular weight excluding hydrogens is 397 g/mol. The molecule has 0 atom stereocenters. The molecule has 158 valence electrons. The van der Waals surface area contributed by atoms with Gasteiger partial charge < -0.3 is 14.8 Å². The van der Waals surface area contributed by atoms with Crippen LogP contribution in [0.25, 0.3) is 27.7 Å². The summed E-state index contributed by atoms with van der Waals surface area (Å²) in [5, 5.41) is 3.51. The first kappa shape index (κ1) is 20.6. The Morgan fingerprint density at radius 1 is 1.00 bits per heavy atom. The predicted octanol–water partition coefficient (Wildman–Crippen LogP) is 3.80. The summed E-state index contributed by atoms with van der Waals surface area (Å²) in [7, 11) is 3.41. The first-order valence-electron chi connectivity index (χ1n) is 9.84. The van der Waals surface area contributed by atoms with Crippen molar-refractivity contribution in [3.05, 3.63) is 83.2 Å². The van der Waals surface area contributed by atoms with Crippen molar-refractivity contribution >= 4 is 10.9 Å². The third-order valence-electron chi connectivity index (χ3n) is 4.97. The van der Waals surface area contributed by atoms with Gasteiger partial charge in [0.05, 0.1) is 23.7 Å². The van der Waals surface area contributed by atoms with Gasteiger partial charge in [-0.3, -0.25) is 9.36 Å². The number of aromatic nitrogens is 2. The van der Waals surface area contributed by atoms with Crippen LogP contribution in [0.4, 0.5) is 4.39 Å². The van der Waals surface area contributed by atoms with Crippen LogP contribution in [0.3, 0.4) is 0 Å². The molecule has 0 amide bonds. The fourth-order valence-corrected chi connectivity index (χ4v) is 3.32. The van der Waals surface area contributed by atoms with E-state index in [0.717, 1.165) is 11.1 Å². The largest absolute Gasteiger partial charge is 0.493 e. The Morgan fingerprint density at radius 2 is 1.77 bits per heavy atom. The predicted molar refractivity (Wildman–Crippen MR) is 119 cm³/mol. The number of nitrogens with one attached hydrogen (secondary N) is 1. The average Bonchev–Trinajstić information content (AvgIpc) is 2.80. The topological polar surface area (TPSA) is 65.4 Å². The van der Waals surface area contributed by atoms with Crippen LogP contribution in [-0.4, -0.2) is 36.9 Å². The van der Waals surface area contributed by atoms with Crippen LogP contribution < -0.4 is 20.3 Å². The van der Waals surface area contributed by atoms with E-state index in [1.165, 1.54) is 23.0 Å². The highest BCUT2D eigenvalue weighted by Gasteiger charge is 2.11. The second-order valence-electron chi connectivity index (χ2n) is 6.95. The Morgan fingerprint density at radius 3 is 2.52 bits per heavy atom. The lowest BCUT2D eigenvalue weighted by Gasteiger charge is -2.13. The fraction of sp³-hybridized carbons (Fsp3) is 0.167. The second kappa shape index (κ2) is 8.97. The normalized spacial score (nSPS) is 10.9. The molecule has 1 heterocycles. The maximum absolute atomic E-state index is 13.2. The smallest absolute Gasteiger partial charge is 0.265 e. The van der Waals surface area contributed by atoms with Crippen LogP contribution in [0.2, 0.25) is 0 Å². The van der Waals surface area contributed by atoms with Crippen LogP contribution in [0.15, 0.2) is 71.8 Å². The SMILES string of the molecule is CNCCOc1ccc(-n2cnc3cc(-c4ccc(F)cc4)ccc3c2=O)cc1OC. The second-order valence-corrected chi connectivity index (χ2v) is 6.95. The molecular formula is C24H22FN3O3. The van der Waals surface area contributed by atoms with Crippen molar-refractivity contribution in [3.63, 3.8) is 0 Å². The van der Waals surface area contributed by atoms with E-state index >= 15 is 0 Å². The molecule has 1 N–H and O–H groups in total. The number of halogens is 1. The van der Waals surface area contributed by atoms with Crippen molar-refractivity contribution in [2.24, 2.45) is 0 Å². The summed E-state index contributed by atoms with van der Waals surface area (Å²) in [6, 6.07) is 16.9. The molecule has 1 aromatic heterocycles. The molecule has 31 heavy (non-hydrogen) atoms. The first-order valence-corrected chi connectivity index (χ1v) is 9.84. The molecule has 0 radical (unpaired) electrons. The molecule has 0 aliphatic heterocycles. The standard InChI is InChI=1S/C24H22FN3O3/c1-26-11-12-31-22-10-8-19(14-23(22)30-2)28-15-27-21-13-17(5-9-20(21)24(28)29)16-3-6-18(25)7-4-16/h3-10,13-15,26H,11-12H2,1-2H3. The van der Waals surface area contributed by atoms with Crippen LogP contribution in [-0.2, 0) is 0 Å². The highest BCUT2D eigenvalue weighted by atomic mass is 19.1. The number of fused-ring (bicyclic) bond motifs is 1. The summed E-state index contributed by atoms with van der Waals surface area (Å²) in [4.78, 5) is 17.6. The molecule has 0 aliphatic rings. The quantitative estimate of drug-likeness (QED) is 0.462. The third-order valence-corrected chi connectivity index (χ3v) is 4.97. The van der Waals surface area contributed by atoms with Crippen molar-refractivity contribution in [2.75, 3.05) is 27.3 Å². The minimum absolute atomic E-state index is 0.193. The minimum Gasteiger partial charge on any atom is -0.493 e. The number of nitrogens with zero attached hydrogens (tertiary/aromatic N) is 2. The van der Waals surface area contributed by atoms with Crippen LogP contribution >= 0.6 is 0 Å². The number of methoxy groups -OCH3 is 1. The van der Waals surface area contributed by atoms with Crippen molar-refractivity contribution in [3.8, 4) is 28.3 Å². The molecule has 0 aliphatic carbocycles. The van der Waals surface area contributed by atoms with Crippen molar-refractivity contribution in [1.29, 1.82) is 0 Å². The molecule has 0 bridgehead atoms. The Labute approximate surface area is 178 Å². The highest BCUT2D eigenvalue weighted by Crippen LogP contribution is 2.29. The molecule has 0 saturated carbocycles. The number of rotatable bonds is 7. The first-order chi connectivity index (χ1) is 15.1. The van der Waals surface area contributed by atoms with Gasteiger partial charge in [-0.15, -0.1) is 0 Å². The van der Waals surface area contributed by atoms with E-state index < -0.39 is 0 Å². The van der Waals surface area contributed by atoms with Gasteiger partial charge in [-0.25, -0.2) is 9.37 Å². The maximum atomic E-state index is 13.2. The van der Waals surface area contributed by atoms with E-state index in [9.17, 15) is 9.18 Å². The van der Waals surface area contributed by atoms with Gasteiger partial charge in [0, 0.05) is 12.6 Å². The molecule has 0 saturated heterocycles. The van der Waals surface area contributed by atoms with Gasteiger partial charge in [-0.05, 0) is 54.6 Å². The summed E-state index contributed by atoms with van der Waals surface area (Å²) < 4.78 is 25.8. The Bertz CT molecular complexity index is 1270. The minimum atomic E-state index is -0.292. The van der Waals surface area contributed by atoms with E-state index in [2.05, 4.69) is 10.3 Å². The summed E-state index contributed by atoms with van der Waals surface area (Å²) in [5.74, 6) is 0.846. The molecule has 0 unspecified atom stereocenters. The van der Waals surface area contributed by atoms with E-state index in [1.54, 1.807) is 43.5 Å². The van der Waals surface area contributed by atoms with Crippen LogP contribution in [0.1, 0.15) is 0 Å². The van der Waals surface area contributed by atoms with Crippen molar-refractivity contribution in [2.45, 2.75) is 0 Å². The molecule has 0 spiro atoms. The number of hydrogen-bond donors (Lipinski definition) is 1. The Kier molecular flexibility index (Phi) is 5.95. The molecule has 6 nitrogen and oxygen atoms in total. The average molecular weight is 419 g/mol. The van der Waals surface area contributed by atoms with E-state index in [-0.39, 0.29) is 11.4 Å². The van der Waals surface area contributed by atoms with E-state index in [4.69, 9.17) is 9.47 Å². The molecule has 4 aromatic rings. The van der Waals surface area contributed by atoms with E-state index in [0.29, 0.717) is 41.2 Å². The van der Waals surface area contributed by atoms with Crippen LogP contribution in [0.5, 0.6) is 11.5 Å². The van der Waals surface area contributed by atoms with Gasteiger partial charge in [-0.1, -0.05) is 18.2 Å². The van der Waals surface area contributed by atoms with Gasteiger partial charge in [0.25, 0.3) is 5.56 Å². The molecule has 7 heteroatoms. The lowest BCUT2D eigenvalue weighted by atomic mass is 10.0. The van der Waals surface area contributed by atoms with Crippen molar-refractivity contribution < 1.29 is 13.9 Å².